The van der Waals surface area contributed by atoms with E-state index in [1.807, 2.05) is 78.9 Å². The molecule has 4 aromatic rings. The number of amides is 1. The highest BCUT2D eigenvalue weighted by atomic mass is 79.9. The Morgan fingerprint density at radius 2 is 1.43 bits per heavy atom. The van der Waals surface area contributed by atoms with Gasteiger partial charge in [-0.05, 0) is 35.4 Å². The molecule has 0 unspecified atom stereocenters. The molecule has 1 aromatic heterocycles. The van der Waals surface area contributed by atoms with Crippen LogP contribution in [-0.4, -0.2) is 23.2 Å². The van der Waals surface area contributed by atoms with Gasteiger partial charge in [0.05, 0.1) is 0 Å². The van der Waals surface area contributed by atoms with Crippen LogP contribution in [0.1, 0.15) is 10.4 Å². The number of hydrogen-bond donors (Lipinski definition) is 0. The third kappa shape index (κ3) is 3.88. The number of anilines is 1. The Labute approximate surface area is 175 Å². The molecule has 6 heteroatoms. The summed E-state index contributed by atoms with van der Waals surface area (Å²) in [4.78, 5) is 14.4. The lowest BCUT2D eigenvalue weighted by Gasteiger charge is -2.13. The average molecular weight is 450 g/mol. The van der Waals surface area contributed by atoms with Gasteiger partial charge >= 0.3 is 0 Å². The zero-order chi connectivity index (χ0) is 19.5. The monoisotopic (exact) mass is 449 g/mol. The number of halogens is 1. The van der Waals surface area contributed by atoms with Gasteiger partial charge in [0.2, 0.25) is 5.13 Å². The maximum atomic E-state index is 12.8. The van der Waals surface area contributed by atoms with Gasteiger partial charge in [0.25, 0.3) is 5.91 Å². The van der Waals surface area contributed by atoms with E-state index in [0.29, 0.717) is 10.7 Å². The molecule has 28 heavy (non-hydrogen) atoms. The van der Waals surface area contributed by atoms with Gasteiger partial charge in [-0.3, -0.25) is 9.69 Å². The molecule has 4 rings (SSSR count). The minimum absolute atomic E-state index is 0.113. The van der Waals surface area contributed by atoms with Gasteiger partial charge in [-0.25, -0.2) is 0 Å². The molecule has 3 aromatic carbocycles. The first-order valence-corrected chi connectivity index (χ1v) is 10.3. The van der Waals surface area contributed by atoms with Crippen molar-refractivity contribution in [2.24, 2.45) is 0 Å². The first-order valence-electron chi connectivity index (χ1n) is 8.65. The Kier molecular flexibility index (Phi) is 5.32. The smallest absolute Gasteiger partial charge is 0.259 e. The summed E-state index contributed by atoms with van der Waals surface area (Å²) in [5, 5.41) is 9.76. The van der Waals surface area contributed by atoms with Crippen molar-refractivity contribution < 1.29 is 4.79 Å². The minimum Gasteiger partial charge on any atom is -0.286 e. The van der Waals surface area contributed by atoms with Crippen molar-refractivity contribution >= 4 is 38.3 Å². The normalized spacial score (nSPS) is 10.6. The van der Waals surface area contributed by atoms with Gasteiger partial charge in [0.15, 0.2) is 0 Å². The van der Waals surface area contributed by atoms with Gasteiger partial charge in [-0.15, -0.1) is 10.2 Å². The summed E-state index contributed by atoms with van der Waals surface area (Å²) in [7, 11) is 1.72. The molecule has 0 radical (unpaired) electrons. The molecule has 1 amide bonds. The maximum Gasteiger partial charge on any atom is 0.259 e. The molecule has 1 heterocycles. The van der Waals surface area contributed by atoms with E-state index in [1.165, 1.54) is 16.2 Å². The van der Waals surface area contributed by atoms with Crippen molar-refractivity contribution in [3.63, 3.8) is 0 Å². The number of aromatic nitrogens is 2. The number of carbonyl (C=O) groups is 1. The van der Waals surface area contributed by atoms with Gasteiger partial charge in [0, 0.05) is 22.6 Å². The summed E-state index contributed by atoms with van der Waals surface area (Å²) in [6, 6.07) is 25.6. The summed E-state index contributed by atoms with van der Waals surface area (Å²) < 4.78 is 1.01. The molecule has 0 bridgehead atoms. The quantitative estimate of drug-likeness (QED) is 0.388. The van der Waals surface area contributed by atoms with E-state index in [4.69, 9.17) is 0 Å². The SMILES string of the molecule is CN(C(=O)c1ccc(-c2ccccc2)cc1)c1nnc(-c2ccc(Br)cc2)s1. The van der Waals surface area contributed by atoms with Crippen LogP contribution in [0.2, 0.25) is 0 Å². The Morgan fingerprint density at radius 1 is 0.821 bits per heavy atom. The Balaban J connectivity index is 1.53. The highest BCUT2D eigenvalue weighted by molar-refractivity contribution is 9.10. The minimum atomic E-state index is -0.113. The predicted octanol–water partition coefficient (Wildman–Crippen LogP) is 5.91. The lowest BCUT2D eigenvalue weighted by molar-refractivity contribution is 0.0993. The van der Waals surface area contributed by atoms with Crippen LogP contribution in [0.15, 0.2) is 83.3 Å². The number of nitrogens with zero attached hydrogens (tertiary/aromatic N) is 3. The highest BCUT2D eigenvalue weighted by Gasteiger charge is 2.18. The fraction of sp³-hybridized carbons (Fsp3) is 0.0455. The highest BCUT2D eigenvalue weighted by Crippen LogP contribution is 2.30. The van der Waals surface area contributed by atoms with Gasteiger partial charge in [-0.2, -0.15) is 0 Å². The van der Waals surface area contributed by atoms with Crippen LogP contribution in [0, 0.1) is 0 Å². The topological polar surface area (TPSA) is 46.1 Å². The zero-order valence-electron chi connectivity index (χ0n) is 15.0. The number of rotatable bonds is 4. The fourth-order valence-corrected chi connectivity index (χ4v) is 3.85. The molecule has 0 saturated carbocycles. The van der Waals surface area contributed by atoms with Crippen LogP contribution in [-0.2, 0) is 0 Å². The molecule has 138 valence electrons. The van der Waals surface area contributed by atoms with Crippen LogP contribution in [0.5, 0.6) is 0 Å². The van der Waals surface area contributed by atoms with E-state index in [1.54, 1.807) is 7.05 Å². The van der Waals surface area contributed by atoms with E-state index in [-0.39, 0.29) is 5.91 Å². The standard InChI is InChI=1S/C22H16BrN3OS/c1-26(22-25-24-20(28-22)17-11-13-19(23)14-12-17)21(27)18-9-7-16(8-10-18)15-5-3-2-4-6-15/h2-14H,1H3. The molecule has 0 N–H and O–H groups in total. The molecule has 0 spiro atoms. The molecule has 0 atom stereocenters. The first kappa shape index (κ1) is 18.5. The number of benzene rings is 3. The molecule has 0 aliphatic carbocycles. The van der Waals surface area contributed by atoms with Crippen molar-refractivity contribution in [1.82, 2.24) is 10.2 Å². The van der Waals surface area contributed by atoms with Gasteiger partial charge in [-0.1, -0.05) is 81.9 Å². The van der Waals surface area contributed by atoms with Crippen LogP contribution >= 0.6 is 27.3 Å². The third-order valence-electron chi connectivity index (χ3n) is 4.34. The fourth-order valence-electron chi connectivity index (χ4n) is 2.78. The summed E-state index contributed by atoms with van der Waals surface area (Å²) in [5.41, 5.74) is 3.79. The van der Waals surface area contributed by atoms with Crippen molar-refractivity contribution in [3.05, 3.63) is 88.9 Å². The Morgan fingerprint density at radius 3 is 2.11 bits per heavy atom. The lowest BCUT2D eigenvalue weighted by Crippen LogP contribution is -2.26. The van der Waals surface area contributed by atoms with E-state index < -0.39 is 0 Å². The lowest BCUT2D eigenvalue weighted by atomic mass is 10.0. The second-order valence-corrected chi connectivity index (χ2v) is 8.08. The second-order valence-electron chi connectivity index (χ2n) is 6.20. The third-order valence-corrected chi connectivity index (χ3v) is 5.91. The molecular weight excluding hydrogens is 434 g/mol. The first-order chi connectivity index (χ1) is 13.6. The summed E-state index contributed by atoms with van der Waals surface area (Å²) >= 11 is 4.82. The molecule has 0 saturated heterocycles. The second kappa shape index (κ2) is 8.04. The Bertz CT molecular complexity index is 1090. The van der Waals surface area contributed by atoms with Gasteiger partial charge in [0.1, 0.15) is 5.01 Å². The van der Waals surface area contributed by atoms with Crippen molar-refractivity contribution in [2.75, 3.05) is 11.9 Å². The van der Waals surface area contributed by atoms with Crippen LogP contribution in [0.25, 0.3) is 21.7 Å². The van der Waals surface area contributed by atoms with Crippen LogP contribution in [0.3, 0.4) is 0 Å². The van der Waals surface area contributed by atoms with Crippen molar-refractivity contribution in [2.45, 2.75) is 0 Å². The van der Waals surface area contributed by atoms with E-state index >= 15 is 0 Å². The summed E-state index contributed by atoms with van der Waals surface area (Å²) in [6.07, 6.45) is 0. The average Bonchev–Trinajstić information content (AvgIpc) is 3.24. The molecular formula is C22H16BrN3OS. The van der Waals surface area contributed by atoms with Gasteiger partial charge < -0.3 is 0 Å². The summed E-state index contributed by atoms with van der Waals surface area (Å²) in [5.74, 6) is -0.113. The molecule has 0 aliphatic rings. The molecule has 4 nitrogen and oxygen atoms in total. The maximum absolute atomic E-state index is 12.8. The Hall–Kier alpha value is -2.83. The van der Waals surface area contributed by atoms with E-state index in [9.17, 15) is 4.79 Å². The molecule has 0 aliphatic heterocycles. The van der Waals surface area contributed by atoms with Crippen LogP contribution < -0.4 is 4.90 Å². The largest absolute Gasteiger partial charge is 0.286 e. The number of hydrogen-bond acceptors (Lipinski definition) is 4. The van der Waals surface area contributed by atoms with Crippen LogP contribution in [0.4, 0.5) is 5.13 Å². The van der Waals surface area contributed by atoms with Crippen molar-refractivity contribution in [3.8, 4) is 21.7 Å². The van der Waals surface area contributed by atoms with E-state index in [2.05, 4.69) is 26.1 Å². The number of carbonyl (C=O) groups excluding carboxylic acids is 1. The van der Waals surface area contributed by atoms with E-state index in [0.717, 1.165) is 26.2 Å². The van der Waals surface area contributed by atoms with Crippen molar-refractivity contribution in [1.29, 1.82) is 0 Å². The summed E-state index contributed by atoms with van der Waals surface area (Å²) in [6.45, 7) is 0. The molecule has 0 fully saturated rings. The zero-order valence-corrected chi connectivity index (χ0v) is 17.4. The predicted molar refractivity (Wildman–Crippen MR) is 118 cm³/mol.